The Labute approximate surface area is 209 Å². The molecule has 4 aromatic rings. The monoisotopic (exact) mass is 509 g/mol. The quantitative estimate of drug-likeness (QED) is 0.226. The van der Waals surface area contributed by atoms with E-state index < -0.39 is 26.8 Å². The number of aliphatic hydroxyl groups is 1. The number of aliphatic hydroxyl groups excluding tert-OH is 1. The fourth-order valence-electron chi connectivity index (χ4n) is 4.26. The second-order valence-electron chi connectivity index (χ2n) is 9.11. The Bertz CT molecular complexity index is 1470. The third-order valence-electron chi connectivity index (χ3n) is 6.33. The van der Waals surface area contributed by atoms with Crippen molar-refractivity contribution in [2.75, 3.05) is 11.3 Å². The number of halogens is 1. The van der Waals surface area contributed by atoms with E-state index >= 15 is 0 Å². The van der Waals surface area contributed by atoms with E-state index in [1.807, 2.05) is 12.1 Å². The van der Waals surface area contributed by atoms with Gasteiger partial charge in [-0.15, -0.1) is 0 Å². The zero-order valence-electron chi connectivity index (χ0n) is 19.7. The van der Waals surface area contributed by atoms with Crippen LogP contribution in [0.15, 0.2) is 71.6 Å². The molecule has 0 unspecified atom stereocenters. The highest BCUT2D eigenvalue weighted by molar-refractivity contribution is 7.92. The van der Waals surface area contributed by atoms with Crippen molar-refractivity contribution in [1.82, 2.24) is 10.2 Å². The van der Waals surface area contributed by atoms with Crippen LogP contribution in [0.25, 0.3) is 10.9 Å². The fraction of sp³-hybridized carbons (Fsp3) is 0.296. The van der Waals surface area contributed by atoms with Crippen molar-refractivity contribution in [2.24, 2.45) is 0 Å². The zero-order chi connectivity index (χ0) is 25.1. The maximum absolute atomic E-state index is 13.9. The summed E-state index contributed by atoms with van der Waals surface area (Å²) in [6.45, 7) is 0.514. The molecule has 1 heterocycles. The number of fused-ring (bicyclic) bond motifs is 1. The van der Waals surface area contributed by atoms with Gasteiger partial charge in [0.25, 0.3) is 10.0 Å². The third kappa shape index (κ3) is 5.52. The van der Waals surface area contributed by atoms with E-state index in [-0.39, 0.29) is 5.69 Å². The van der Waals surface area contributed by atoms with E-state index in [4.69, 9.17) is 4.74 Å². The summed E-state index contributed by atoms with van der Waals surface area (Å²) < 4.78 is 47.3. The van der Waals surface area contributed by atoms with Gasteiger partial charge in [-0.05, 0) is 74.1 Å². The van der Waals surface area contributed by atoms with Crippen LogP contribution in [0.1, 0.15) is 55.4 Å². The van der Waals surface area contributed by atoms with Crippen molar-refractivity contribution in [3.63, 3.8) is 0 Å². The number of aromatic nitrogens is 2. The minimum Gasteiger partial charge on any atom is -0.494 e. The summed E-state index contributed by atoms with van der Waals surface area (Å²) in [7, 11) is -4.08. The van der Waals surface area contributed by atoms with Gasteiger partial charge < -0.3 is 9.84 Å². The van der Waals surface area contributed by atoms with Gasteiger partial charge in [0.1, 0.15) is 16.5 Å². The van der Waals surface area contributed by atoms with Crippen LogP contribution in [0.4, 0.5) is 10.1 Å². The molecule has 1 fully saturated rings. The molecule has 0 aliphatic heterocycles. The SMILES string of the molecule is O=S(=O)(Nc1cccc([C@@H](O)CCCCOc2ccc3c(C4CC4)[nH]nc3c2)c1)c1ccccc1F. The Balaban J connectivity index is 1.11. The molecule has 7 nitrogen and oxygen atoms in total. The second-order valence-corrected chi connectivity index (χ2v) is 10.8. The molecule has 1 aromatic heterocycles. The van der Waals surface area contributed by atoms with Gasteiger partial charge in [-0.3, -0.25) is 9.82 Å². The Morgan fingerprint density at radius 1 is 1.08 bits per heavy atom. The molecule has 0 spiro atoms. The van der Waals surface area contributed by atoms with E-state index in [9.17, 15) is 17.9 Å². The van der Waals surface area contributed by atoms with E-state index in [1.165, 1.54) is 36.7 Å². The molecule has 9 heteroatoms. The average Bonchev–Trinajstić information content (AvgIpc) is 3.62. The van der Waals surface area contributed by atoms with Crippen molar-refractivity contribution in [1.29, 1.82) is 0 Å². The summed E-state index contributed by atoms with van der Waals surface area (Å²) in [4.78, 5) is -0.425. The first-order chi connectivity index (χ1) is 17.4. The van der Waals surface area contributed by atoms with Gasteiger partial charge in [0, 0.05) is 28.8 Å². The van der Waals surface area contributed by atoms with Crippen LogP contribution in [-0.2, 0) is 10.0 Å². The summed E-state index contributed by atoms with van der Waals surface area (Å²) >= 11 is 0. The highest BCUT2D eigenvalue weighted by Gasteiger charge is 2.27. The van der Waals surface area contributed by atoms with Crippen LogP contribution in [0.3, 0.4) is 0 Å². The Morgan fingerprint density at radius 3 is 2.72 bits per heavy atom. The van der Waals surface area contributed by atoms with Crippen LogP contribution in [-0.4, -0.2) is 30.3 Å². The Kier molecular flexibility index (Phi) is 6.93. The molecule has 1 aliphatic carbocycles. The number of anilines is 1. The van der Waals surface area contributed by atoms with E-state index in [0.29, 0.717) is 24.5 Å². The van der Waals surface area contributed by atoms with E-state index in [2.05, 4.69) is 21.0 Å². The van der Waals surface area contributed by atoms with Crippen molar-refractivity contribution >= 4 is 26.6 Å². The second kappa shape index (κ2) is 10.3. The highest BCUT2D eigenvalue weighted by atomic mass is 32.2. The molecule has 1 atom stereocenters. The molecule has 3 N–H and O–H groups in total. The standard InChI is InChI=1S/C27H28FN3O4S/c28-23-8-1-2-10-26(23)36(33,34)31-20-7-5-6-19(16-20)25(32)9-3-4-15-35-21-13-14-22-24(17-21)29-30-27(22)18-11-12-18/h1-2,5-8,10,13-14,16-18,25,31-32H,3-4,9,11-12,15H2,(H,29,30)/t25-/m0/s1. The number of H-pyrrole nitrogens is 1. The van der Waals surface area contributed by atoms with Gasteiger partial charge in [0.2, 0.25) is 0 Å². The molecule has 188 valence electrons. The van der Waals surface area contributed by atoms with Crippen LogP contribution in [0, 0.1) is 5.82 Å². The van der Waals surface area contributed by atoms with Gasteiger partial charge in [-0.1, -0.05) is 24.3 Å². The maximum Gasteiger partial charge on any atom is 0.264 e. The first kappa shape index (κ1) is 24.3. The largest absolute Gasteiger partial charge is 0.494 e. The highest BCUT2D eigenvalue weighted by Crippen LogP contribution is 2.42. The number of ether oxygens (including phenoxy) is 1. The first-order valence-electron chi connectivity index (χ1n) is 12.1. The predicted molar refractivity (Wildman–Crippen MR) is 136 cm³/mol. The van der Waals surface area contributed by atoms with Gasteiger partial charge in [0.05, 0.1) is 18.2 Å². The molecule has 5 rings (SSSR count). The minimum atomic E-state index is -4.08. The fourth-order valence-corrected chi connectivity index (χ4v) is 5.39. The van der Waals surface area contributed by atoms with Crippen molar-refractivity contribution in [3.8, 4) is 5.75 Å². The van der Waals surface area contributed by atoms with Gasteiger partial charge in [-0.2, -0.15) is 5.10 Å². The summed E-state index contributed by atoms with van der Waals surface area (Å²) in [6.07, 6.45) is 3.65. The van der Waals surface area contributed by atoms with Crippen molar-refractivity contribution in [2.45, 2.75) is 49.0 Å². The van der Waals surface area contributed by atoms with Crippen molar-refractivity contribution in [3.05, 3.63) is 83.8 Å². The molecule has 0 radical (unpaired) electrons. The number of nitrogens with one attached hydrogen (secondary N) is 2. The van der Waals surface area contributed by atoms with Crippen LogP contribution in [0.2, 0.25) is 0 Å². The molecule has 3 aromatic carbocycles. The number of aromatic amines is 1. The number of hydrogen-bond donors (Lipinski definition) is 3. The molecular weight excluding hydrogens is 481 g/mol. The van der Waals surface area contributed by atoms with E-state index in [0.717, 1.165) is 35.6 Å². The summed E-state index contributed by atoms with van der Waals surface area (Å²) in [5.41, 5.74) is 2.97. The molecule has 1 saturated carbocycles. The molecule has 0 saturated heterocycles. The lowest BCUT2D eigenvalue weighted by Gasteiger charge is -2.14. The Morgan fingerprint density at radius 2 is 1.92 bits per heavy atom. The smallest absolute Gasteiger partial charge is 0.264 e. The van der Waals surface area contributed by atoms with E-state index in [1.54, 1.807) is 24.3 Å². The predicted octanol–water partition coefficient (Wildman–Crippen LogP) is 5.66. The number of nitrogens with zero attached hydrogens (tertiary/aromatic N) is 1. The normalized spacial score (nSPS) is 14.6. The van der Waals surface area contributed by atoms with Crippen LogP contribution < -0.4 is 9.46 Å². The maximum atomic E-state index is 13.9. The number of sulfonamides is 1. The number of unbranched alkanes of at least 4 members (excludes halogenated alkanes) is 1. The number of hydrogen-bond acceptors (Lipinski definition) is 5. The lowest BCUT2D eigenvalue weighted by atomic mass is 10.0. The minimum absolute atomic E-state index is 0.261. The summed E-state index contributed by atoms with van der Waals surface area (Å²) in [5, 5.41) is 19.3. The van der Waals surface area contributed by atoms with Crippen LogP contribution in [0.5, 0.6) is 5.75 Å². The molecule has 0 amide bonds. The average molecular weight is 510 g/mol. The molecule has 1 aliphatic rings. The lowest BCUT2D eigenvalue weighted by molar-refractivity contribution is 0.160. The molecular formula is C27H28FN3O4S. The lowest BCUT2D eigenvalue weighted by Crippen LogP contribution is -2.14. The van der Waals surface area contributed by atoms with Gasteiger partial charge in [-0.25, -0.2) is 12.8 Å². The van der Waals surface area contributed by atoms with Crippen LogP contribution >= 0.6 is 0 Å². The van der Waals surface area contributed by atoms with Gasteiger partial charge in [0.15, 0.2) is 0 Å². The summed E-state index contributed by atoms with van der Waals surface area (Å²) in [5.74, 6) is 0.559. The van der Waals surface area contributed by atoms with Gasteiger partial charge >= 0.3 is 0 Å². The Hall–Kier alpha value is -3.43. The molecule has 0 bridgehead atoms. The molecule has 36 heavy (non-hydrogen) atoms. The van der Waals surface area contributed by atoms with Crippen molar-refractivity contribution < 1.29 is 22.7 Å². The number of benzene rings is 3. The zero-order valence-corrected chi connectivity index (χ0v) is 20.5. The first-order valence-corrected chi connectivity index (χ1v) is 13.6. The summed E-state index contributed by atoms with van der Waals surface area (Å²) in [6, 6.07) is 17.7. The third-order valence-corrected chi connectivity index (χ3v) is 7.75. The topological polar surface area (TPSA) is 104 Å². The number of rotatable bonds is 11.